The number of aromatic nitrogens is 2. The zero-order chi connectivity index (χ0) is 9.26. The maximum absolute atomic E-state index is 6.12. The van der Waals surface area contributed by atoms with Crippen LogP contribution in [0.15, 0.2) is 6.20 Å². The van der Waals surface area contributed by atoms with E-state index in [1.807, 2.05) is 17.8 Å². The molecule has 1 fully saturated rings. The molecule has 1 N–H and O–H groups in total. The number of hydrogen-bond donors (Lipinski definition) is 1. The summed E-state index contributed by atoms with van der Waals surface area (Å²) in [6, 6.07) is 0.488. The van der Waals surface area contributed by atoms with Gasteiger partial charge in [-0.2, -0.15) is 5.10 Å². The summed E-state index contributed by atoms with van der Waals surface area (Å²) in [5.74, 6) is 0. The molecule has 0 spiro atoms. The molecule has 1 aliphatic rings. The molecule has 2 rings (SSSR count). The van der Waals surface area contributed by atoms with Gasteiger partial charge in [0.1, 0.15) is 5.15 Å². The molecule has 0 atom stereocenters. The van der Waals surface area contributed by atoms with Crippen LogP contribution in [0.1, 0.15) is 24.4 Å². The Hall–Kier alpha value is -0.540. The summed E-state index contributed by atoms with van der Waals surface area (Å²) in [7, 11) is 0. The van der Waals surface area contributed by atoms with Crippen LogP contribution in [0.3, 0.4) is 0 Å². The summed E-state index contributed by atoms with van der Waals surface area (Å²) in [4.78, 5) is 0. The average Bonchev–Trinajstić information content (AvgIpc) is 2.49. The van der Waals surface area contributed by atoms with Crippen molar-refractivity contribution in [2.45, 2.75) is 25.8 Å². The van der Waals surface area contributed by atoms with E-state index in [9.17, 15) is 0 Å². The first kappa shape index (κ1) is 9.03. The van der Waals surface area contributed by atoms with E-state index in [-0.39, 0.29) is 0 Å². The Morgan fingerprint density at radius 3 is 2.77 bits per heavy atom. The van der Waals surface area contributed by atoms with Crippen molar-refractivity contribution < 1.29 is 0 Å². The van der Waals surface area contributed by atoms with Gasteiger partial charge < -0.3 is 5.32 Å². The van der Waals surface area contributed by atoms with Gasteiger partial charge in [-0.15, -0.1) is 0 Å². The lowest BCUT2D eigenvalue weighted by atomic mass is 10.1. The molecular formula is C9H14ClN3. The SMILES string of the molecule is Cc1cnn(C2CCNCC2)c1Cl. The van der Waals surface area contributed by atoms with Crippen LogP contribution < -0.4 is 5.32 Å². The zero-order valence-electron chi connectivity index (χ0n) is 7.76. The Labute approximate surface area is 83.1 Å². The van der Waals surface area contributed by atoms with Gasteiger partial charge in [0, 0.05) is 5.56 Å². The van der Waals surface area contributed by atoms with Gasteiger partial charge in [-0.25, -0.2) is 0 Å². The number of nitrogens with zero attached hydrogens (tertiary/aromatic N) is 2. The van der Waals surface area contributed by atoms with E-state index in [2.05, 4.69) is 10.4 Å². The van der Waals surface area contributed by atoms with Crippen molar-refractivity contribution in [3.63, 3.8) is 0 Å². The van der Waals surface area contributed by atoms with Crippen molar-refractivity contribution in [1.29, 1.82) is 0 Å². The van der Waals surface area contributed by atoms with E-state index in [1.165, 1.54) is 0 Å². The molecule has 0 aliphatic carbocycles. The number of rotatable bonds is 1. The number of piperidine rings is 1. The largest absolute Gasteiger partial charge is 0.317 e. The van der Waals surface area contributed by atoms with E-state index in [0.29, 0.717) is 6.04 Å². The molecule has 0 aromatic carbocycles. The van der Waals surface area contributed by atoms with Gasteiger partial charge in [0.15, 0.2) is 0 Å². The van der Waals surface area contributed by atoms with E-state index >= 15 is 0 Å². The molecule has 0 bridgehead atoms. The van der Waals surface area contributed by atoms with E-state index < -0.39 is 0 Å². The second-order valence-electron chi connectivity index (χ2n) is 3.54. The number of halogens is 1. The normalized spacial score (nSPS) is 19.2. The van der Waals surface area contributed by atoms with Crippen LogP contribution in [0.5, 0.6) is 0 Å². The minimum atomic E-state index is 0.488. The van der Waals surface area contributed by atoms with Crippen LogP contribution in [0.2, 0.25) is 5.15 Å². The highest BCUT2D eigenvalue weighted by Gasteiger charge is 2.18. The highest BCUT2D eigenvalue weighted by Crippen LogP contribution is 2.24. The van der Waals surface area contributed by atoms with Gasteiger partial charge in [-0.3, -0.25) is 4.68 Å². The lowest BCUT2D eigenvalue weighted by molar-refractivity contribution is 0.343. The first-order valence-corrected chi connectivity index (χ1v) is 5.07. The topological polar surface area (TPSA) is 29.9 Å². The van der Waals surface area contributed by atoms with E-state index in [1.54, 1.807) is 0 Å². The Bertz CT molecular complexity index is 289. The highest BCUT2D eigenvalue weighted by atomic mass is 35.5. The molecule has 72 valence electrons. The lowest BCUT2D eigenvalue weighted by Crippen LogP contribution is -2.29. The van der Waals surface area contributed by atoms with Gasteiger partial charge in [-0.05, 0) is 32.9 Å². The molecule has 1 aromatic heterocycles. The standard InChI is InChI=1S/C9H14ClN3/c1-7-6-12-13(9(7)10)8-2-4-11-5-3-8/h6,8,11H,2-5H2,1H3. The molecule has 2 heterocycles. The molecule has 4 heteroatoms. The first-order valence-electron chi connectivity index (χ1n) is 4.69. The molecule has 1 saturated heterocycles. The van der Waals surface area contributed by atoms with Crippen molar-refractivity contribution in [1.82, 2.24) is 15.1 Å². The minimum absolute atomic E-state index is 0.488. The molecule has 3 nitrogen and oxygen atoms in total. The second-order valence-corrected chi connectivity index (χ2v) is 3.90. The molecule has 0 unspecified atom stereocenters. The van der Waals surface area contributed by atoms with E-state index in [0.717, 1.165) is 36.6 Å². The van der Waals surface area contributed by atoms with E-state index in [4.69, 9.17) is 11.6 Å². The fourth-order valence-corrected chi connectivity index (χ4v) is 1.97. The Kier molecular flexibility index (Phi) is 2.56. The van der Waals surface area contributed by atoms with Gasteiger partial charge >= 0.3 is 0 Å². The fourth-order valence-electron chi connectivity index (χ4n) is 1.74. The van der Waals surface area contributed by atoms with Gasteiger partial charge in [-0.1, -0.05) is 11.6 Å². The van der Waals surface area contributed by atoms with Crippen LogP contribution in [0.25, 0.3) is 0 Å². The van der Waals surface area contributed by atoms with Crippen LogP contribution in [-0.2, 0) is 0 Å². The molecule has 0 saturated carbocycles. The van der Waals surface area contributed by atoms with Crippen molar-refractivity contribution >= 4 is 11.6 Å². The monoisotopic (exact) mass is 199 g/mol. The number of aryl methyl sites for hydroxylation is 1. The molecule has 1 aliphatic heterocycles. The average molecular weight is 200 g/mol. The minimum Gasteiger partial charge on any atom is -0.317 e. The van der Waals surface area contributed by atoms with Gasteiger partial charge in [0.2, 0.25) is 0 Å². The third kappa shape index (κ3) is 1.71. The summed E-state index contributed by atoms with van der Waals surface area (Å²) in [6.45, 7) is 4.13. The second kappa shape index (κ2) is 3.68. The zero-order valence-corrected chi connectivity index (χ0v) is 8.51. The predicted molar refractivity (Wildman–Crippen MR) is 53.1 cm³/mol. The molecule has 1 aromatic rings. The molecule has 0 radical (unpaired) electrons. The molecule has 0 amide bonds. The van der Waals surface area contributed by atoms with Crippen LogP contribution >= 0.6 is 11.6 Å². The Morgan fingerprint density at radius 1 is 1.54 bits per heavy atom. The van der Waals surface area contributed by atoms with Crippen molar-refractivity contribution in [3.05, 3.63) is 16.9 Å². The third-order valence-corrected chi connectivity index (χ3v) is 3.03. The lowest BCUT2D eigenvalue weighted by Gasteiger charge is -2.23. The van der Waals surface area contributed by atoms with Gasteiger partial charge in [0.25, 0.3) is 0 Å². The fraction of sp³-hybridized carbons (Fsp3) is 0.667. The maximum Gasteiger partial charge on any atom is 0.130 e. The quantitative estimate of drug-likeness (QED) is 0.747. The van der Waals surface area contributed by atoms with Crippen molar-refractivity contribution in [2.24, 2.45) is 0 Å². The summed E-state index contributed by atoms with van der Waals surface area (Å²) in [5, 5.41) is 8.42. The van der Waals surface area contributed by atoms with Crippen LogP contribution in [-0.4, -0.2) is 22.9 Å². The number of nitrogens with one attached hydrogen (secondary N) is 1. The predicted octanol–water partition coefficient (Wildman–Crippen LogP) is 1.77. The highest BCUT2D eigenvalue weighted by molar-refractivity contribution is 6.30. The number of hydrogen-bond acceptors (Lipinski definition) is 2. The van der Waals surface area contributed by atoms with Crippen molar-refractivity contribution in [3.8, 4) is 0 Å². The molecular weight excluding hydrogens is 186 g/mol. The summed E-state index contributed by atoms with van der Waals surface area (Å²) in [5.41, 5.74) is 1.07. The first-order chi connectivity index (χ1) is 6.29. The third-order valence-electron chi connectivity index (χ3n) is 2.56. The van der Waals surface area contributed by atoms with Crippen molar-refractivity contribution in [2.75, 3.05) is 13.1 Å². The Balaban J connectivity index is 2.18. The summed E-state index contributed by atoms with van der Waals surface area (Å²) < 4.78 is 1.96. The smallest absolute Gasteiger partial charge is 0.130 e. The maximum atomic E-state index is 6.12. The summed E-state index contributed by atoms with van der Waals surface area (Å²) >= 11 is 6.12. The Morgan fingerprint density at radius 2 is 2.23 bits per heavy atom. The van der Waals surface area contributed by atoms with Crippen LogP contribution in [0, 0.1) is 6.92 Å². The van der Waals surface area contributed by atoms with Gasteiger partial charge in [0.05, 0.1) is 12.2 Å². The summed E-state index contributed by atoms with van der Waals surface area (Å²) in [6.07, 6.45) is 4.09. The molecule has 13 heavy (non-hydrogen) atoms. The van der Waals surface area contributed by atoms with Crippen LogP contribution in [0.4, 0.5) is 0 Å².